The Bertz CT molecular complexity index is 422. The number of fused-ring (bicyclic) bond motifs is 1. The lowest BCUT2D eigenvalue weighted by Crippen LogP contribution is -2.14. The summed E-state index contributed by atoms with van der Waals surface area (Å²) in [5.41, 5.74) is 12.8. The van der Waals surface area contributed by atoms with Crippen molar-refractivity contribution in [2.75, 3.05) is 6.54 Å². The summed E-state index contributed by atoms with van der Waals surface area (Å²) < 4.78 is 1.30. The van der Waals surface area contributed by atoms with E-state index in [0.29, 0.717) is 6.54 Å². The number of benzene rings is 1. The molecule has 4 N–H and O–H groups in total. The third kappa shape index (κ3) is 1.66. The summed E-state index contributed by atoms with van der Waals surface area (Å²) in [6.45, 7) is 0.644. The van der Waals surface area contributed by atoms with Gasteiger partial charge in [-0.15, -0.1) is 11.3 Å². The highest BCUT2D eigenvalue weighted by atomic mass is 32.1. The molecule has 0 spiro atoms. The van der Waals surface area contributed by atoms with Crippen molar-refractivity contribution in [3.63, 3.8) is 0 Å². The summed E-state index contributed by atoms with van der Waals surface area (Å²) in [4.78, 5) is 0. The standard InChI is InChI=1S/C11H14N2S/c12-6-5-10(13)9-7-14-11-4-2-1-3-8(9)11/h1-4,7,10H,5-6,12-13H2/t10-/m1/s1. The first-order valence-electron chi connectivity index (χ1n) is 4.74. The minimum atomic E-state index is 0.0798. The molecule has 0 radical (unpaired) electrons. The lowest BCUT2D eigenvalue weighted by Gasteiger charge is -2.08. The van der Waals surface area contributed by atoms with Crippen LogP contribution in [0.3, 0.4) is 0 Å². The number of thiophene rings is 1. The Morgan fingerprint density at radius 2 is 2.07 bits per heavy atom. The molecule has 1 atom stereocenters. The van der Waals surface area contributed by atoms with Gasteiger partial charge in [0.15, 0.2) is 0 Å². The highest BCUT2D eigenvalue weighted by Crippen LogP contribution is 2.30. The highest BCUT2D eigenvalue weighted by Gasteiger charge is 2.10. The molecule has 0 aliphatic rings. The lowest BCUT2D eigenvalue weighted by molar-refractivity contribution is 0.667. The molecule has 3 heteroatoms. The second-order valence-corrected chi connectivity index (χ2v) is 4.28. The summed E-state index contributed by atoms with van der Waals surface area (Å²) in [6.07, 6.45) is 0.848. The molecule has 74 valence electrons. The molecular formula is C11H14N2S. The molecule has 0 saturated heterocycles. The molecule has 0 unspecified atom stereocenters. The molecule has 0 aliphatic carbocycles. The minimum absolute atomic E-state index is 0.0798. The minimum Gasteiger partial charge on any atom is -0.330 e. The molecule has 1 aromatic carbocycles. The zero-order chi connectivity index (χ0) is 9.97. The molecule has 0 aliphatic heterocycles. The molecule has 1 heterocycles. The molecule has 2 aromatic rings. The van der Waals surface area contributed by atoms with Crippen molar-refractivity contribution in [3.05, 3.63) is 35.2 Å². The van der Waals surface area contributed by atoms with Crippen molar-refractivity contribution in [1.82, 2.24) is 0 Å². The Morgan fingerprint density at radius 1 is 1.29 bits per heavy atom. The van der Waals surface area contributed by atoms with Crippen molar-refractivity contribution < 1.29 is 0 Å². The van der Waals surface area contributed by atoms with Crippen LogP contribution in [0.5, 0.6) is 0 Å². The number of hydrogen-bond acceptors (Lipinski definition) is 3. The van der Waals surface area contributed by atoms with Crippen LogP contribution in [-0.2, 0) is 0 Å². The van der Waals surface area contributed by atoms with Gasteiger partial charge in [-0.25, -0.2) is 0 Å². The van der Waals surface area contributed by atoms with Crippen LogP contribution in [0.4, 0.5) is 0 Å². The lowest BCUT2D eigenvalue weighted by atomic mass is 10.0. The second-order valence-electron chi connectivity index (χ2n) is 3.37. The maximum absolute atomic E-state index is 6.04. The monoisotopic (exact) mass is 206 g/mol. The highest BCUT2D eigenvalue weighted by molar-refractivity contribution is 7.17. The summed E-state index contributed by atoms with van der Waals surface area (Å²) in [6, 6.07) is 8.43. The van der Waals surface area contributed by atoms with Gasteiger partial charge in [0.1, 0.15) is 0 Å². The fourth-order valence-electron chi connectivity index (χ4n) is 1.62. The fraction of sp³-hybridized carbons (Fsp3) is 0.273. The van der Waals surface area contributed by atoms with E-state index in [1.54, 1.807) is 11.3 Å². The zero-order valence-corrected chi connectivity index (χ0v) is 8.76. The van der Waals surface area contributed by atoms with E-state index in [1.807, 2.05) is 6.07 Å². The van der Waals surface area contributed by atoms with Crippen LogP contribution in [0.1, 0.15) is 18.0 Å². The molecule has 0 amide bonds. The van der Waals surface area contributed by atoms with Crippen molar-refractivity contribution in [3.8, 4) is 0 Å². The van der Waals surface area contributed by atoms with Crippen LogP contribution in [0, 0.1) is 0 Å². The molecule has 14 heavy (non-hydrogen) atoms. The Hall–Kier alpha value is -0.900. The van der Waals surface area contributed by atoms with E-state index in [0.717, 1.165) is 6.42 Å². The van der Waals surface area contributed by atoms with Crippen molar-refractivity contribution in [2.45, 2.75) is 12.5 Å². The first-order valence-corrected chi connectivity index (χ1v) is 5.62. The van der Waals surface area contributed by atoms with Crippen LogP contribution >= 0.6 is 11.3 Å². The molecule has 0 bridgehead atoms. The predicted molar refractivity (Wildman–Crippen MR) is 62.4 cm³/mol. The topological polar surface area (TPSA) is 52.0 Å². The summed E-state index contributed by atoms with van der Waals surface area (Å²) >= 11 is 1.75. The van der Waals surface area contributed by atoms with Gasteiger partial charge in [-0.1, -0.05) is 18.2 Å². The fourth-order valence-corrected chi connectivity index (χ4v) is 2.65. The third-order valence-electron chi connectivity index (χ3n) is 2.39. The first-order chi connectivity index (χ1) is 6.83. The average molecular weight is 206 g/mol. The van der Waals surface area contributed by atoms with Crippen molar-refractivity contribution >= 4 is 21.4 Å². The average Bonchev–Trinajstić information content (AvgIpc) is 2.61. The van der Waals surface area contributed by atoms with Gasteiger partial charge in [-0.3, -0.25) is 0 Å². The third-order valence-corrected chi connectivity index (χ3v) is 3.37. The summed E-state index contributed by atoms with van der Waals surface area (Å²) in [5, 5.41) is 3.42. The maximum atomic E-state index is 6.04. The Balaban J connectivity index is 2.42. The predicted octanol–water partition coefficient (Wildman–Crippen LogP) is 2.25. The molecule has 2 rings (SSSR count). The molecule has 0 saturated carbocycles. The van der Waals surface area contributed by atoms with E-state index < -0.39 is 0 Å². The number of nitrogens with two attached hydrogens (primary N) is 2. The van der Waals surface area contributed by atoms with E-state index in [2.05, 4.69) is 23.6 Å². The van der Waals surface area contributed by atoms with Crippen LogP contribution < -0.4 is 11.5 Å². The van der Waals surface area contributed by atoms with Gasteiger partial charge in [0, 0.05) is 10.7 Å². The van der Waals surface area contributed by atoms with Crippen LogP contribution in [0.2, 0.25) is 0 Å². The Kier molecular flexibility index (Phi) is 2.82. The van der Waals surface area contributed by atoms with E-state index in [4.69, 9.17) is 11.5 Å². The first kappa shape index (κ1) is 9.65. The summed E-state index contributed by atoms with van der Waals surface area (Å²) in [7, 11) is 0. The van der Waals surface area contributed by atoms with Crippen molar-refractivity contribution in [1.29, 1.82) is 0 Å². The van der Waals surface area contributed by atoms with Gasteiger partial charge in [0.25, 0.3) is 0 Å². The van der Waals surface area contributed by atoms with Crippen LogP contribution in [0.15, 0.2) is 29.6 Å². The van der Waals surface area contributed by atoms with Gasteiger partial charge >= 0.3 is 0 Å². The van der Waals surface area contributed by atoms with Gasteiger partial charge in [0.2, 0.25) is 0 Å². The Labute approximate surface area is 87.5 Å². The van der Waals surface area contributed by atoms with Gasteiger partial charge in [-0.2, -0.15) is 0 Å². The largest absolute Gasteiger partial charge is 0.330 e. The maximum Gasteiger partial charge on any atom is 0.0346 e. The molecule has 0 fully saturated rings. The molecule has 2 nitrogen and oxygen atoms in total. The van der Waals surface area contributed by atoms with E-state index in [-0.39, 0.29) is 6.04 Å². The number of rotatable bonds is 3. The van der Waals surface area contributed by atoms with Crippen molar-refractivity contribution in [2.24, 2.45) is 11.5 Å². The van der Waals surface area contributed by atoms with Gasteiger partial charge < -0.3 is 11.5 Å². The quantitative estimate of drug-likeness (QED) is 0.809. The van der Waals surface area contributed by atoms with E-state index in [9.17, 15) is 0 Å². The Morgan fingerprint density at radius 3 is 2.86 bits per heavy atom. The SMILES string of the molecule is NCC[C@@H](N)c1csc2ccccc12. The smallest absolute Gasteiger partial charge is 0.0346 e. The summed E-state index contributed by atoms with van der Waals surface area (Å²) in [5.74, 6) is 0. The normalized spacial score (nSPS) is 13.3. The molecule has 1 aromatic heterocycles. The molecular weight excluding hydrogens is 192 g/mol. The van der Waals surface area contributed by atoms with E-state index in [1.165, 1.54) is 15.6 Å². The number of hydrogen-bond donors (Lipinski definition) is 2. The van der Waals surface area contributed by atoms with Gasteiger partial charge in [0.05, 0.1) is 0 Å². The second kappa shape index (κ2) is 4.09. The van der Waals surface area contributed by atoms with Crippen LogP contribution in [0.25, 0.3) is 10.1 Å². The van der Waals surface area contributed by atoms with Gasteiger partial charge in [-0.05, 0) is 35.4 Å². The zero-order valence-electron chi connectivity index (χ0n) is 7.94. The van der Waals surface area contributed by atoms with E-state index >= 15 is 0 Å². The van der Waals surface area contributed by atoms with Crippen LogP contribution in [-0.4, -0.2) is 6.54 Å².